The molecule has 1 saturated heterocycles. The Bertz CT molecular complexity index is 308. The summed E-state index contributed by atoms with van der Waals surface area (Å²) in [6.07, 6.45) is 5.35. The van der Waals surface area contributed by atoms with Gasteiger partial charge in [0.2, 0.25) is 0 Å². The van der Waals surface area contributed by atoms with E-state index in [1.165, 1.54) is 6.42 Å². The van der Waals surface area contributed by atoms with E-state index in [2.05, 4.69) is 11.8 Å². The molecule has 1 aliphatic rings. The Kier molecular flexibility index (Phi) is 8.22. The third-order valence-electron chi connectivity index (χ3n) is 3.93. The van der Waals surface area contributed by atoms with E-state index in [9.17, 15) is 4.79 Å². The third-order valence-corrected chi connectivity index (χ3v) is 3.93. The number of hydrogen-bond donors (Lipinski definition) is 1. The van der Waals surface area contributed by atoms with Crippen LogP contribution in [0.4, 0.5) is 0 Å². The van der Waals surface area contributed by atoms with Gasteiger partial charge in [-0.1, -0.05) is 6.92 Å². The minimum absolute atomic E-state index is 0.298. The van der Waals surface area contributed by atoms with Crippen molar-refractivity contribution >= 4 is 5.97 Å². The molecule has 0 aliphatic carbocycles. The molecule has 5 nitrogen and oxygen atoms in total. The average molecular weight is 300 g/mol. The molecule has 0 saturated carbocycles. The summed E-state index contributed by atoms with van der Waals surface area (Å²) in [6.45, 7) is 10.0. The van der Waals surface area contributed by atoms with E-state index in [1.54, 1.807) is 13.8 Å². The Morgan fingerprint density at radius 3 is 2.86 bits per heavy atom. The Labute approximate surface area is 129 Å². The fourth-order valence-corrected chi connectivity index (χ4v) is 2.70. The van der Waals surface area contributed by atoms with Gasteiger partial charge in [-0.3, -0.25) is 4.79 Å². The zero-order chi connectivity index (χ0) is 15.7. The molecule has 0 bridgehead atoms. The van der Waals surface area contributed by atoms with Crippen LogP contribution in [-0.2, 0) is 14.3 Å². The summed E-state index contributed by atoms with van der Waals surface area (Å²) in [4.78, 5) is 14.2. The van der Waals surface area contributed by atoms with Crippen LogP contribution in [0.25, 0.3) is 0 Å². The van der Waals surface area contributed by atoms with E-state index in [-0.39, 0.29) is 5.97 Å². The summed E-state index contributed by atoms with van der Waals surface area (Å²) in [6, 6.07) is 0. The zero-order valence-electron chi connectivity index (χ0n) is 13.9. The van der Waals surface area contributed by atoms with Crippen molar-refractivity contribution in [3.8, 4) is 0 Å². The molecule has 0 aromatic carbocycles. The highest BCUT2D eigenvalue weighted by Crippen LogP contribution is 2.16. The molecule has 1 heterocycles. The molecule has 5 heteroatoms. The fraction of sp³-hybridized carbons (Fsp3) is 0.938. The maximum atomic E-state index is 11.7. The lowest BCUT2D eigenvalue weighted by molar-refractivity contribution is -0.149. The molecule has 0 spiro atoms. The van der Waals surface area contributed by atoms with Crippen molar-refractivity contribution in [2.75, 3.05) is 32.8 Å². The summed E-state index contributed by atoms with van der Waals surface area (Å²) in [5.41, 5.74) is 5.17. The van der Waals surface area contributed by atoms with Crippen molar-refractivity contribution in [3.05, 3.63) is 0 Å². The maximum absolute atomic E-state index is 11.7. The Hall–Kier alpha value is -0.650. The van der Waals surface area contributed by atoms with Crippen LogP contribution in [-0.4, -0.2) is 55.4 Å². The zero-order valence-corrected chi connectivity index (χ0v) is 13.9. The second-order valence-corrected chi connectivity index (χ2v) is 6.18. The first-order valence-corrected chi connectivity index (χ1v) is 8.29. The monoisotopic (exact) mass is 300 g/mol. The van der Waals surface area contributed by atoms with E-state index < -0.39 is 5.54 Å². The normalized spacial score (nSPS) is 22.8. The molecule has 0 amide bonds. The van der Waals surface area contributed by atoms with E-state index in [4.69, 9.17) is 15.2 Å². The number of rotatable bonds is 9. The number of ether oxygens (including phenoxy) is 2. The van der Waals surface area contributed by atoms with Gasteiger partial charge in [0.05, 0.1) is 12.7 Å². The highest BCUT2D eigenvalue weighted by Gasteiger charge is 2.29. The summed E-state index contributed by atoms with van der Waals surface area (Å²) < 4.78 is 10.9. The Morgan fingerprint density at radius 1 is 1.43 bits per heavy atom. The highest BCUT2D eigenvalue weighted by atomic mass is 16.5. The van der Waals surface area contributed by atoms with Gasteiger partial charge in [0, 0.05) is 13.2 Å². The quantitative estimate of drug-likeness (QED) is 0.659. The lowest BCUT2D eigenvalue weighted by Crippen LogP contribution is -2.47. The standard InChI is InChI=1S/C16H32N2O3/c1-4-12-21-14-8-6-10-18(13-14)11-7-9-16(3,17)15(19)20-5-2/h14H,4-13,17H2,1-3H3. The molecule has 0 aromatic heterocycles. The first-order valence-electron chi connectivity index (χ1n) is 8.29. The SMILES string of the molecule is CCCOC1CCCN(CCCC(C)(N)C(=O)OCC)C1. The maximum Gasteiger partial charge on any atom is 0.325 e. The Morgan fingerprint density at radius 2 is 2.19 bits per heavy atom. The van der Waals surface area contributed by atoms with Crippen molar-refractivity contribution in [2.24, 2.45) is 5.73 Å². The van der Waals surface area contributed by atoms with Crippen LogP contribution in [0.15, 0.2) is 0 Å². The smallest absolute Gasteiger partial charge is 0.325 e. The predicted octanol–water partition coefficient (Wildman–Crippen LogP) is 1.94. The number of likely N-dealkylation sites (tertiary alicyclic amines) is 1. The second kappa shape index (κ2) is 9.38. The van der Waals surface area contributed by atoms with Crippen LogP contribution in [0.5, 0.6) is 0 Å². The van der Waals surface area contributed by atoms with E-state index in [0.717, 1.165) is 45.5 Å². The number of piperidine rings is 1. The lowest BCUT2D eigenvalue weighted by atomic mass is 9.97. The molecule has 2 unspecified atom stereocenters. The predicted molar refractivity (Wildman–Crippen MR) is 84.2 cm³/mol. The van der Waals surface area contributed by atoms with Gasteiger partial charge in [0.25, 0.3) is 0 Å². The van der Waals surface area contributed by atoms with Crippen LogP contribution in [0.2, 0.25) is 0 Å². The van der Waals surface area contributed by atoms with Crippen molar-refractivity contribution in [1.29, 1.82) is 0 Å². The van der Waals surface area contributed by atoms with Crippen LogP contribution >= 0.6 is 0 Å². The molecular weight excluding hydrogens is 268 g/mol. The van der Waals surface area contributed by atoms with Crippen LogP contribution in [0, 0.1) is 0 Å². The van der Waals surface area contributed by atoms with Crippen LogP contribution in [0.3, 0.4) is 0 Å². The van der Waals surface area contributed by atoms with Gasteiger partial charge in [0.15, 0.2) is 0 Å². The molecule has 1 fully saturated rings. The van der Waals surface area contributed by atoms with Gasteiger partial charge >= 0.3 is 5.97 Å². The van der Waals surface area contributed by atoms with E-state index in [1.807, 2.05) is 0 Å². The van der Waals surface area contributed by atoms with Crippen LogP contribution < -0.4 is 5.73 Å². The molecule has 2 atom stereocenters. The topological polar surface area (TPSA) is 64.8 Å². The van der Waals surface area contributed by atoms with Gasteiger partial charge in [0.1, 0.15) is 5.54 Å². The Balaban J connectivity index is 2.26. The van der Waals surface area contributed by atoms with Gasteiger partial charge in [-0.2, -0.15) is 0 Å². The molecule has 1 aliphatic heterocycles. The van der Waals surface area contributed by atoms with E-state index >= 15 is 0 Å². The van der Waals surface area contributed by atoms with Gasteiger partial charge < -0.3 is 20.1 Å². The number of carbonyl (C=O) groups excluding carboxylic acids is 1. The molecule has 1 rings (SSSR count). The number of esters is 1. The first-order chi connectivity index (χ1) is 9.99. The first kappa shape index (κ1) is 18.4. The number of hydrogen-bond acceptors (Lipinski definition) is 5. The molecule has 2 N–H and O–H groups in total. The fourth-order valence-electron chi connectivity index (χ4n) is 2.70. The molecule has 21 heavy (non-hydrogen) atoms. The largest absolute Gasteiger partial charge is 0.465 e. The van der Waals surface area contributed by atoms with Crippen molar-refractivity contribution in [1.82, 2.24) is 4.90 Å². The number of carbonyl (C=O) groups is 1. The summed E-state index contributed by atoms with van der Waals surface area (Å²) in [5, 5.41) is 0. The van der Waals surface area contributed by atoms with Gasteiger partial charge in [-0.05, 0) is 59.0 Å². The molecule has 0 radical (unpaired) electrons. The number of nitrogens with zero attached hydrogens (tertiary/aromatic N) is 1. The highest BCUT2D eigenvalue weighted by molar-refractivity contribution is 5.79. The lowest BCUT2D eigenvalue weighted by Gasteiger charge is -2.33. The van der Waals surface area contributed by atoms with Crippen molar-refractivity contribution in [2.45, 2.75) is 64.5 Å². The molecule has 124 valence electrons. The minimum atomic E-state index is -0.871. The van der Waals surface area contributed by atoms with E-state index in [0.29, 0.717) is 19.1 Å². The number of nitrogens with two attached hydrogens (primary N) is 1. The molecule has 0 aromatic rings. The minimum Gasteiger partial charge on any atom is -0.465 e. The van der Waals surface area contributed by atoms with Crippen molar-refractivity contribution in [3.63, 3.8) is 0 Å². The summed E-state index contributed by atoms with van der Waals surface area (Å²) in [7, 11) is 0. The summed E-state index contributed by atoms with van der Waals surface area (Å²) in [5.74, 6) is -0.298. The third kappa shape index (κ3) is 6.76. The van der Waals surface area contributed by atoms with Crippen molar-refractivity contribution < 1.29 is 14.3 Å². The molecular formula is C16H32N2O3. The second-order valence-electron chi connectivity index (χ2n) is 6.18. The van der Waals surface area contributed by atoms with Crippen LogP contribution in [0.1, 0.15) is 52.9 Å². The summed E-state index contributed by atoms with van der Waals surface area (Å²) >= 11 is 0. The average Bonchev–Trinajstić information content (AvgIpc) is 2.45. The van der Waals surface area contributed by atoms with Gasteiger partial charge in [-0.25, -0.2) is 0 Å². The van der Waals surface area contributed by atoms with Gasteiger partial charge in [-0.15, -0.1) is 0 Å².